The number of methoxy groups -OCH3 is 1. The molecule has 0 saturated carbocycles. The first-order valence-electron chi connectivity index (χ1n) is 6.35. The van der Waals surface area contributed by atoms with Gasteiger partial charge in [-0.3, -0.25) is 0 Å². The van der Waals surface area contributed by atoms with Crippen molar-refractivity contribution in [2.24, 2.45) is 0 Å². The Morgan fingerprint density at radius 3 is 2.52 bits per heavy atom. The summed E-state index contributed by atoms with van der Waals surface area (Å²) in [5.74, 6) is -3.41. The van der Waals surface area contributed by atoms with E-state index in [1.54, 1.807) is 25.9 Å². The summed E-state index contributed by atoms with van der Waals surface area (Å²) in [4.78, 5) is 13.0. The summed E-state index contributed by atoms with van der Waals surface area (Å²) in [7, 11) is 4.67. The molecule has 1 aromatic carbocycles. The van der Waals surface area contributed by atoms with E-state index in [0.29, 0.717) is 6.54 Å². The van der Waals surface area contributed by atoms with Gasteiger partial charge in [-0.15, -0.1) is 0 Å². The maximum atomic E-state index is 13.9. The van der Waals surface area contributed by atoms with Gasteiger partial charge in [0, 0.05) is 13.1 Å². The minimum Gasteiger partial charge on any atom is -0.465 e. The van der Waals surface area contributed by atoms with Gasteiger partial charge in [0.2, 0.25) is 0 Å². The number of hydrogen-bond donors (Lipinski definition) is 2. The molecule has 0 fully saturated rings. The number of carbonyl (C=O) groups excluding carboxylic acids is 1. The van der Waals surface area contributed by atoms with Gasteiger partial charge >= 0.3 is 5.97 Å². The topological polar surface area (TPSA) is 61.8 Å². The number of nitrogens with zero attached hydrogens (tertiary/aromatic N) is 1. The van der Waals surface area contributed by atoms with Gasteiger partial charge in [0.1, 0.15) is 0 Å². The molecule has 0 amide bonds. The summed E-state index contributed by atoms with van der Waals surface area (Å²) in [6.07, 6.45) is 0. The molecule has 0 aliphatic rings. The largest absolute Gasteiger partial charge is 0.465 e. The van der Waals surface area contributed by atoms with Crippen LogP contribution < -0.4 is 5.32 Å². The molecule has 21 heavy (non-hydrogen) atoms. The number of ether oxygens (including phenoxy) is 1. The van der Waals surface area contributed by atoms with Crippen molar-refractivity contribution in [3.63, 3.8) is 0 Å². The number of halogens is 2. The second-order valence-corrected chi connectivity index (χ2v) is 5.37. The molecule has 2 N–H and O–H groups in total. The van der Waals surface area contributed by atoms with Gasteiger partial charge in [-0.05, 0) is 33.2 Å². The van der Waals surface area contributed by atoms with E-state index >= 15 is 0 Å². The molecule has 5 nitrogen and oxygen atoms in total. The molecule has 0 aliphatic carbocycles. The highest BCUT2D eigenvalue weighted by Gasteiger charge is 2.23. The SMILES string of the molecule is COC(=O)c1ccc(NCC(C)(O)CN(C)C)c(F)c1F. The third-order valence-electron chi connectivity index (χ3n) is 2.80. The Kier molecular flexibility index (Phi) is 5.62. The quantitative estimate of drug-likeness (QED) is 0.779. The van der Waals surface area contributed by atoms with Crippen LogP contribution in [0.4, 0.5) is 14.5 Å². The van der Waals surface area contributed by atoms with E-state index in [2.05, 4.69) is 10.1 Å². The zero-order valence-electron chi connectivity index (χ0n) is 12.5. The smallest absolute Gasteiger partial charge is 0.340 e. The third kappa shape index (κ3) is 4.64. The van der Waals surface area contributed by atoms with Crippen molar-refractivity contribution >= 4 is 11.7 Å². The minimum atomic E-state index is -1.28. The van der Waals surface area contributed by atoms with E-state index in [0.717, 1.165) is 13.2 Å². The summed E-state index contributed by atoms with van der Waals surface area (Å²) >= 11 is 0. The average Bonchev–Trinajstić information content (AvgIpc) is 2.38. The lowest BCUT2D eigenvalue weighted by Crippen LogP contribution is -2.43. The Labute approximate surface area is 122 Å². The molecule has 1 atom stereocenters. The molecule has 0 radical (unpaired) electrons. The molecule has 0 heterocycles. The fourth-order valence-electron chi connectivity index (χ4n) is 1.98. The summed E-state index contributed by atoms with van der Waals surface area (Å²) < 4.78 is 32.0. The van der Waals surface area contributed by atoms with E-state index in [1.807, 2.05) is 0 Å². The van der Waals surface area contributed by atoms with Crippen molar-refractivity contribution in [3.05, 3.63) is 29.3 Å². The fourth-order valence-corrected chi connectivity index (χ4v) is 1.98. The Hall–Kier alpha value is -1.73. The molecule has 0 bridgehead atoms. The van der Waals surface area contributed by atoms with Gasteiger partial charge in [-0.25, -0.2) is 13.6 Å². The number of esters is 1. The molecule has 7 heteroatoms. The maximum absolute atomic E-state index is 13.9. The van der Waals surface area contributed by atoms with Crippen molar-refractivity contribution < 1.29 is 23.4 Å². The Morgan fingerprint density at radius 2 is 2.00 bits per heavy atom. The zero-order chi connectivity index (χ0) is 16.2. The fraction of sp³-hybridized carbons (Fsp3) is 0.500. The van der Waals surface area contributed by atoms with Gasteiger partial charge in [0.25, 0.3) is 0 Å². The number of hydrogen-bond acceptors (Lipinski definition) is 5. The molecule has 0 saturated heterocycles. The monoisotopic (exact) mass is 302 g/mol. The van der Waals surface area contributed by atoms with Gasteiger partial charge < -0.3 is 20.1 Å². The lowest BCUT2D eigenvalue weighted by atomic mass is 10.1. The number of likely N-dealkylation sites (N-methyl/N-ethyl adjacent to an activating group) is 1. The van der Waals surface area contributed by atoms with E-state index < -0.39 is 28.8 Å². The van der Waals surface area contributed by atoms with Gasteiger partial charge in [0.15, 0.2) is 11.6 Å². The number of anilines is 1. The van der Waals surface area contributed by atoms with Crippen LogP contribution in [0.15, 0.2) is 12.1 Å². The van der Waals surface area contributed by atoms with Crippen LogP contribution in [0.25, 0.3) is 0 Å². The second kappa shape index (κ2) is 6.82. The Bertz CT molecular complexity index is 519. The molecule has 1 unspecified atom stereocenters. The molecule has 0 aliphatic heterocycles. The summed E-state index contributed by atoms with van der Waals surface area (Å²) in [6.45, 7) is 1.96. The molecule has 1 rings (SSSR count). The number of nitrogens with one attached hydrogen (secondary N) is 1. The minimum absolute atomic E-state index is 0.0269. The van der Waals surface area contributed by atoms with Gasteiger partial charge in [-0.1, -0.05) is 0 Å². The van der Waals surface area contributed by atoms with Crippen molar-refractivity contribution in [1.29, 1.82) is 0 Å². The van der Waals surface area contributed by atoms with Crippen LogP contribution in [0.3, 0.4) is 0 Å². The number of carbonyl (C=O) groups is 1. The Balaban J connectivity index is 2.87. The third-order valence-corrected chi connectivity index (χ3v) is 2.80. The molecule has 1 aromatic rings. The normalized spacial score (nSPS) is 13.9. The summed E-state index contributed by atoms with van der Waals surface area (Å²) in [5, 5.41) is 12.7. The molecule has 0 spiro atoms. The van der Waals surface area contributed by atoms with E-state index in [-0.39, 0.29) is 12.2 Å². The molecular weight excluding hydrogens is 282 g/mol. The van der Waals surface area contributed by atoms with Crippen LogP contribution in [0, 0.1) is 11.6 Å². The first-order chi connectivity index (χ1) is 9.68. The number of aliphatic hydroxyl groups is 1. The molecular formula is C14H20F2N2O3. The van der Waals surface area contributed by atoms with E-state index in [1.165, 1.54) is 6.07 Å². The molecule has 0 aromatic heterocycles. The maximum Gasteiger partial charge on any atom is 0.340 e. The first-order valence-corrected chi connectivity index (χ1v) is 6.35. The standard InChI is InChI=1S/C14H20F2N2O3/c1-14(20,8-18(2)3)7-17-10-6-5-9(13(19)21-4)11(15)12(10)16/h5-6,17,20H,7-8H2,1-4H3. The van der Waals surface area contributed by atoms with Crippen LogP contribution in [-0.2, 0) is 4.74 Å². The van der Waals surface area contributed by atoms with Gasteiger partial charge in [0.05, 0.1) is 24.0 Å². The van der Waals surface area contributed by atoms with Crippen LogP contribution in [0.1, 0.15) is 17.3 Å². The van der Waals surface area contributed by atoms with E-state index in [9.17, 15) is 18.7 Å². The Morgan fingerprint density at radius 1 is 1.38 bits per heavy atom. The molecule has 118 valence electrons. The van der Waals surface area contributed by atoms with Gasteiger partial charge in [-0.2, -0.15) is 0 Å². The van der Waals surface area contributed by atoms with Crippen molar-refractivity contribution in [3.8, 4) is 0 Å². The van der Waals surface area contributed by atoms with Crippen LogP contribution in [0.5, 0.6) is 0 Å². The van der Waals surface area contributed by atoms with E-state index in [4.69, 9.17) is 0 Å². The summed E-state index contributed by atoms with van der Waals surface area (Å²) in [6, 6.07) is 2.36. The van der Waals surface area contributed by atoms with Crippen LogP contribution in [0.2, 0.25) is 0 Å². The highest BCUT2D eigenvalue weighted by atomic mass is 19.2. The first kappa shape index (κ1) is 17.3. The zero-order valence-corrected chi connectivity index (χ0v) is 12.5. The van der Waals surface area contributed by atoms with Crippen LogP contribution in [-0.4, -0.2) is 55.9 Å². The highest BCUT2D eigenvalue weighted by Crippen LogP contribution is 2.22. The van der Waals surface area contributed by atoms with Crippen LogP contribution >= 0.6 is 0 Å². The van der Waals surface area contributed by atoms with Crippen molar-refractivity contribution in [1.82, 2.24) is 4.90 Å². The van der Waals surface area contributed by atoms with Crippen molar-refractivity contribution in [2.45, 2.75) is 12.5 Å². The highest BCUT2D eigenvalue weighted by molar-refractivity contribution is 5.90. The summed E-state index contributed by atoms with van der Waals surface area (Å²) in [5.41, 5.74) is -1.72. The lowest BCUT2D eigenvalue weighted by Gasteiger charge is -2.27. The lowest BCUT2D eigenvalue weighted by molar-refractivity contribution is 0.0458. The predicted octanol–water partition coefficient (Wildman–Crippen LogP) is 1.48. The number of benzene rings is 1. The van der Waals surface area contributed by atoms with Crippen molar-refractivity contribution in [2.75, 3.05) is 39.6 Å². The number of rotatable bonds is 6. The second-order valence-electron chi connectivity index (χ2n) is 5.37. The predicted molar refractivity (Wildman–Crippen MR) is 75.4 cm³/mol. The average molecular weight is 302 g/mol.